The van der Waals surface area contributed by atoms with E-state index in [2.05, 4.69) is 6.07 Å². The minimum atomic E-state index is -0.606. The summed E-state index contributed by atoms with van der Waals surface area (Å²) in [5.41, 5.74) is -1.13. The van der Waals surface area contributed by atoms with Crippen LogP contribution in [-0.4, -0.2) is 41.4 Å². The van der Waals surface area contributed by atoms with Crippen LogP contribution >= 0.6 is 0 Å². The Hall–Kier alpha value is -1.28. The highest BCUT2D eigenvalue weighted by molar-refractivity contribution is 5.68. The summed E-state index contributed by atoms with van der Waals surface area (Å²) in [4.78, 5) is 13.3. The van der Waals surface area contributed by atoms with Crippen molar-refractivity contribution in [1.82, 2.24) is 4.90 Å². The van der Waals surface area contributed by atoms with E-state index in [1.807, 2.05) is 20.8 Å². The van der Waals surface area contributed by atoms with Gasteiger partial charge in [0.15, 0.2) is 0 Å². The molecule has 0 aromatic carbocycles. The van der Waals surface area contributed by atoms with Crippen LogP contribution in [0.25, 0.3) is 0 Å². The Bertz CT molecular complexity index is 330. The van der Waals surface area contributed by atoms with Gasteiger partial charge >= 0.3 is 6.09 Å². The summed E-state index contributed by atoms with van der Waals surface area (Å²) < 4.78 is 5.25. The van der Waals surface area contributed by atoms with E-state index >= 15 is 0 Å². The molecule has 0 saturated carbocycles. The van der Waals surface area contributed by atoms with Crippen LogP contribution in [0.4, 0.5) is 4.79 Å². The molecule has 0 unspecified atom stereocenters. The number of hydrogen-bond donors (Lipinski definition) is 1. The Kier molecular flexibility index (Phi) is 3.99. The number of nitriles is 1. The van der Waals surface area contributed by atoms with Crippen LogP contribution < -0.4 is 0 Å². The lowest BCUT2D eigenvalue weighted by atomic mass is 9.86. The van der Waals surface area contributed by atoms with Crippen molar-refractivity contribution in [1.29, 1.82) is 5.26 Å². The Balaban J connectivity index is 2.61. The summed E-state index contributed by atoms with van der Waals surface area (Å²) in [6.45, 7) is 6.27. The fraction of sp³-hybridized carbons (Fsp3) is 0.833. The van der Waals surface area contributed by atoms with Gasteiger partial charge in [-0.05, 0) is 33.6 Å². The van der Waals surface area contributed by atoms with Crippen LogP contribution in [0.3, 0.4) is 0 Å². The van der Waals surface area contributed by atoms with Gasteiger partial charge in [-0.25, -0.2) is 4.79 Å². The third kappa shape index (κ3) is 3.60. The van der Waals surface area contributed by atoms with Gasteiger partial charge in [-0.15, -0.1) is 0 Å². The van der Waals surface area contributed by atoms with Crippen LogP contribution in [-0.2, 0) is 4.74 Å². The van der Waals surface area contributed by atoms with E-state index in [-0.39, 0.29) is 12.7 Å². The predicted octanol–water partition coefficient (Wildman–Crippen LogP) is 1.52. The second-order valence-corrected chi connectivity index (χ2v) is 5.52. The van der Waals surface area contributed by atoms with Crippen molar-refractivity contribution in [3.8, 4) is 6.07 Å². The van der Waals surface area contributed by atoms with Crippen molar-refractivity contribution in [3.05, 3.63) is 0 Å². The average molecular weight is 240 g/mol. The van der Waals surface area contributed by atoms with Gasteiger partial charge in [0.1, 0.15) is 5.60 Å². The van der Waals surface area contributed by atoms with E-state index in [1.54, 1.807) is 4.90 Å². The van der Waals surface area contributed by atoms with Crippen molar-refractivity contribution in [3.63, 3.8) is 0 Å². The maximum absolute atomic E-state index is 11.8. The van der Waals surface area contributed by atoms with Gasteiger partial charge in [-0.1, -0.05) is 0 Å². The predicted molar refractivity (Wildman–Crippen MR) is 62.2 cm³/mol. The molecule has 17 heavy (non-hydrogen) atoms. The lowest BCUT2D eigenvalue weighted by Gasteiger charge is -2.25. The normalized spacial score (nSPS) is 24.5. The quantitative estimate of drug-likeness (QED) is 0.794. The first-order valence-electron chi connectivity index (χ1n) is 5.82. The van der Waals surface area contributed by atoms with Crippen molar-refractivity contribution in [2.75, 3.05) is 19.7 Å². The van der Waals surface area contributed by atoms with Gasteiger partial charge in [0.2, 0.25) is 0 Å². The van der Waals surface area contributed by atoms with Gasteiger partial charge in [0.25, 0.3) is 0 Å². The van der Waals surface area contributed by atoms with Crippen molar-refractivity contribution < 1.29 is 14.6 Å². The van der Waals surface area contributed by atoms with Crippen molar-refractivity contribution in [2.24, 2.45) is 5.41 Å². The first-order valence-corrected chi connectivity index (χ1v) is 5.82. The summed E-state index contributed by atoms with van der Waals surface area (Å²) in [5, 5.41) is 18.1. The molecule has 0 aromatic rings. The van der Waals surface area contributed by atoms with E-state index in [1.165, 1.54) is 0 Å². The highest BCUT2D eigenvalue weighted by atomic mass is 16.6. The summed E-state index contributed by atoms with van der Waals surface area (Å²) in [6.07, 6.45) is 0.624. The lowest BCUT2D eigenvalue weighted by Crippen LogP contribution is -2.36. The maximum atomic E-state index is 11.8. The molecule has 0 spiro atoms. The molecule has 0 aliphatic carbocycles. The van der Waals surface area contributed by atoms with Crippen LogP contribution in [0, 0.1) is 16.7 Å². The maximum Gasteiger partial charge on any atom is 0.410 e. The number of carbonyl (C=O) groups is 1. The molecule has 1 heterocycles. The van der Waals surface area contributed by atoms with E-state index in [0.29, 0.717) is 25.9 Å². The van der Waals surface area contributed by atoms with Crippen LogP contribution in [0.2, 0.25) is 0 Å². The number of hydrogen-bond acceptors (Lipinski definition) is 4. The van der Waals surface area contributed by atoms with Gasteiger partial charge in [0.05, 0.1) is 11.5 Å². The third-order valence-electron chi connectivity index (χ3n) is 2.83. The van der Waals surface area contributed by atoms with E-state index in [4.69, 9.17) is 15.1 Å². The second-order valence-electron chi connectivity index (χ2n) is 5.52. The Labute approximate surface area is 102 Å². The molecular formula is C12H20N2O3. The molecule has 96 valence electrons. The lowest BCUT2D eigenvalue weighted by molar-refractivity contribution is 0.0277. The zero-order valence-corrected chi connectivity index (χ0v) is 10.7. The number of amides is 1. The Morgan fingerprint density at radius 3 is 2.71 bits per heavy atom. The SMILES string of the molecule is CC(C)(C)OC(=O)N1CC[C@](C#N)(CCO)C1. The summed E-state index contributed by atoms with van der Waals surface area (Å²) in [5.74, 6) is 0. The summed E-state index contributed by atoms with van der Waals surface area (Å²) >= 11 is 0. The van der Waals surface area contributed by atoms with Gasteiger partial charge in [-0.2, -0.15) is 5.26 Å². The van der Waals surface area contributed by atoms with Gasteiger partial charge in [-0.3, -0.25) is 0 Å². The Morgan fingerprint density at radius 2 is 2.24 bits per heavy atom. The monoisotopic (exact) mass is 240 g/mol. The molecule has 1 saturated heterocycles. The number of aliphatic hydroxyl groups is 1. The fourth-order valence-corrected chi connectivity index (χ4v) is 1.92. The molecule has 1 atom stereocenters. The van der Waals surface area contributed by atoms with Crippen molar-refractivity contribution >= 4 is 6.09 Å². The highest BCUT2D eigenvalue weighted by Gasteiger charge is 2.41. The van der Waals surface area contributed by atoms with Gasteiger partial charge in [0, 0.05) is 19.7 Å². The minimum absolute atomic E-state index is 0.0320. The Morgan fingerprint density at radius 1 is 1.59 bits per heavy atom. The largest absolute Gasteiger partial charge is 0.444 e. The molecule has 1 rings (SSSR count). The molecule has 5 nitrogen and oxygen atoms in total. The number of ether oxygens (including phenoxy) is 1. The molecule has 0 aromatic heterocycles. The number of nitrogens with zero attached hydrogens (tertiary/aromatic N) is 2. The molecule has 5 heteroatoms. The fourth-order valence-electron chi connectivity index (χ4n) is 1.92. The summed E-state index contributed by atoms with van der Waals surface area (Å²) in [6, 6.07) is 2.22. The third-order valence-corrected chi connectivity index (χ3v) is 2.83. The molecule has 1 aliphatic rings. The second kappa shape index (κ2) is 4.92. The molecule has 1 aliphatic heterocycles. The van der Waals surface area contributed by atoms with E-state index in [0.717, 1.165) is 0 Å². The highest BCUT2D eigenvalue weighted by Crippen LogP contribution is 2.33. The molecular weight excluding hydrogens is 220 g/mol. The van der Waals surface area contributed by atoms with E-state index < -0.39 is 11.0 Å². The molecule has 0 bridgehead atoms. The first-order chi connectivity index (χ1) is 7.82. The van der Waals surface area contributed by atoms with E-state index in [9.17, 15) is 4.79 Å². The minimum Gasteiger partial charge on any atom is -0.444 e. The smallest absolute Gasteiger partial charge is 0.410 e. The van der Waals surface area contributed by atoms with Gasteiger partial charge < -0.3 is 14.7 Å². The standard InChI is InChI=1S/C12H20N2O3/c1-11(2,3)17-10(16)14-6-4-12(8-13,9-14)5-7-15/h15H,4-7,9H2,1-3H3/t12-/m1/s1. The topological polar surface area (TPSA) is 73.6 Å². The molecule has 0 radical (unpaired) electrons. The summed E-state index contributed by atoms with van der Waals surface area (Å²) in [7, 11) is 0. The molecule has 1 N–H and O–H groups in total. The average Bonchev–Trinajstić information content (AvgIpc) is 2.61. The zero-order valence-electron chi connectivity index (χ0n) is 10.7. The number of rotatable bonds is 2. The van der Waals surface area contributed by atoms with Crippen LogP contribution in [0.1, 0.15) is 33.6 Å². The first kappa shape index (κ1) is 13.8. The molecule has 1 amide bonds. The number of likely N-dealkylation sites (tertiary alicyclic amines) is 1. The number of aliphatic hydroxyl groups excluding tert-OH is 1. The van der Waals surface area contributed by atoms with Crippen molar-refractivity contribution in [2.45, 2.75) is 39.2 Å². The number of carbonyl (C=O) groups excluding carboxylic acids is 1. The van der Waals surface area contributed by atoms with Crippen LogP contribution in [0.15, 0.2) is 0 Å². The van der Waals surface area contributed by atoms with Crippen LogP contribution in [0.5, 0.6) is 0 Å². The molecule has 1 fully saturated rings. The zero-order chi connectivity index (χ0) is 13.1.